The van der Waals surface area contributed by atoms with E-state index in [1.807, 2.05) is 0 Å². The van der Waals surface area contributed by atoms with Crippen LogP contribution in [0.15, 0.2) is 0 Å². The molecular weight excluding hydrogens is 210 g/mol. The van der Waals surface area contributed by atoms with Gasteiger partial charge in [-0.2, -0.15) is 0 Å². The number of nitrogens with zero attached hydrogens (tertiary/aromatic N) is 1. The maximum atomic E-state index is 11.8. The van der Waals surface area contributed by atoms with Gasteiger partial charge in [0.15, 0.2) is 0 Å². The van der Waals surface area contributed by atoms with Gasteiger partial charge in [0, 0.05) is 18.9 Å². The number of ketones is 1. The van der Waals surface area contributed by atoms with Gasteiger partial charge < -0.3 is 4.90 Å². The molecule has 2 fully saturated rings. The monoisotopic (exact) mass is 237 g/mol. The molecule has 1 aliphatic carbocycles. The molecule has 1 aliphatic heterocycles. The number of rotatable bonds is 3. The summed E-state index contributed by atoms with van der Waals surface area (Å²) in [5.41, 5.74) is 0. The molecule has 1 atom stereocenters. The van der Waals surface area contributed by atoms with Gasteiger partial charge in [0.25, 0.3) is 0 Å². The molecule has 2 heteroatoms. The summed E-state index contributed by atoms with van der Waals surface area (Å²) in [6, 6.07) is 0. The number of hydrogen-bond acceptors (Lipinski definition) is 2. The predicted octanol–water partition coefficient (Wildman–Crippen LogP) is 3.11. The Morgan fingerprint density at radius 1 is 1.18 bits per heavy atom. The van der Waals surface area contributed by atoms with Gasteiger partial charge in [-0.25, -0.2) is 0 Å². The van der Waals surface area contributed by atoms with Crippen LogP contribution < -0.4 is 0 Å². The summed E-state index contributed by atoms with van der Waals surface area (Å²) in [5.74, 6) is 2.63. The number of hydrogen-bond donors (Lipinski definition) is 0. The lowest BCUT2D eigenvalue weighted by Gasteiger charge is -2.36. The van der Waals surface area contributed by atoms with E-state index in [9.17, 15) is 4.79 Å². The van der Waals surface area contributed by atoms with Crippen molar-refractivity contribution < 1.29 is 4.79 Å². The molecule has 0 radical (unpaired) electrons. The van der Waals surface area contributed by atoms with Crippen molar-refractivity contribution in [2.45, 2.75) is 52.4 Å². The molecule has 2 nitrogen and oxygen atoms in total. The van der Waals surface area contributed by atoms with Crippen molar-refractivity contribution in [3.8, 4) is 0 Å². The molecule has 1 saturated carbocycles. The summed E-state index contributed by atoms with van der Waals surface area (Å²) in [6.45, 7) is 8.15. The van der Waals surface area contributed by atoms with Crippen LogP contribution in [-0.2, 0) is 4.79 Å². The zero-order valence-electron chi connectivity index (χ0n) is 11.5. The largest absolute Gasteiger partial charge is 0.303 e. The molecule has 1 saturated heterocycles. The molecule has 1 unspecified atom stereocenters. The molecule has 17 heavy (non-hydrogen) atoms. The Morgan fingerprint density at radius 2 is 1.88 bits per heavy atom. The molecule has 0 N–H and O–H groups in total. The minimum absolute atomic E-state index is 0.361. The van der Waals surface area contributed by atoms with Gasteiger partial charge in [-0.3, -0.25) is 4.79 Å². The summed E-state index contributed by atoms with van der Waals surface area (Å²) < 4.78 is 0. The van der Waals surface area contributed by atoms with E-state index in [1.165, 1.54) is 32.4 Å². The summed E-state index contributed by atoms with van der Waals surface area (Å²) >= 11 is 0. The van der Waals surface area contributed by atoms with Crippen molar-refractivity contribution in [2.75, 3.05) is 19.6 Å². The first-order valence-electron chi connectivity index (χ1n) is 7.42. The first-order chi connectivity index (χ1) is 8.16. The van der Waals surface area contributed by atoms with E-state index < -0.39 is 0 Å². The summed E-state index contributed by atoms with van der Waals surface area (Å²) in [5, 5.41) is 0. The quantitative estimate of drug-likeness (QED) is 0.751. The molecule has 0 aromatic rings. The average molecular weight is 237 g/mol. The van der Waals surface area contributed by atoms with Crippen molar-refractivity contribution in [1.82, 2.24) is 4.90 Å². The highest BCUT2D eigenvalue weighted by Crippen LogP contribution is 2.27. The highest BCUT2D eigenvalue weighted by molar-refractivity contribution is 5.81. The second-order valence-corrected chi connectivity index (χ2v) is 6.29. The van der Waals surface area contributed by atoms with Crippen molar-refractivity contribution in [3.63, 3.8) is 0 Å². The Balaban J connectivity index is 1.75. The van der Waals surface area contributed by atoms with Crippen LogP contribution in [0.2, 0.25) is 0 Å². The maximum Gasteiger partial charge on any atom is 0.137 e. The molecule has 0 amide bonds. The lowest BCUT2D eigenvalue weighted by atomic mass is 9.84. The van der Waals surface area contributed by atoms with Crippen molar-refractivity contribution in [3.05, 3.63) is 0 Å². The molecule has 0 aromatic heterocycles. The van der Waals surface area contributed by atoms with Gasteiger partial charge in [0.05, 0.1) is 0 Å². The molecule has 0 aromatic carbocycles. The van der Waals surface area contributed by atoms with Crippen LogP contribution in [-0.4, -0.2) is 30.3 Å². The Labute approximate surface area is 106 Å². The van der Waals surface area contributed by atoms with E-state index in [1.54, 1.807) is 0 Å². The topological polar surface area (TPSA) is 20.3 Å². The minimum Gasteiger partial charge on any atom is -0.303 e. The van der Waals surface area contributed by atoms with E-state index in [0.29, 0.717) is 11.7 Å². The third-order valence-electron chi connectivity index (χ3n) is 4.73. The molecule has 2 rings (SSSR count). The zero-order chi connectivity index (χ0) is 12.3. The highest BCUT2D eigenvalue weighted by atomic mass is 16.1. The molecule has 2 aliphatic rings. The lowest BCUT2D eigenvalue weighted by molar-refractivity contribution is -0.125. The second kappa shape index (κ2) is 5.99. The van der Waals surface area contributed by atoms with Gasteiger partial charge >= 0.3 is 0 Å². The van der Waals surface area contributed by atoms with E-state index >= 15 is 0 Å². The molecule has 98 valence electrons. The number of likely N-dealkylation sites (tertiary alicyclic amines) is 1. The SMILES string of the molecule is CC(C)C1CCN(CC2CCCCC2=O)CC1. The van der Waals surface area contributed by atoms with Gasteiger partial charge in [-0.05, 0) is 50.6 Å². The van der Waals surface area contributed by atoms with E-state index in [-0.39, 0.29) is 0 Å². The molecular formula is C15H27NO. The van der Waals surface area contributed by atoms with E-state index in [2.05, 4.69) is 18.7 Å². The minimum atomic E-state index is 0.361. The van der Waals surface area contributed by atoms with Gasteiger partial charge in [0.1, 0.15) is 5.78 Å². The second-order valence-electron chi connectivity index (χ2n) is 6.29. The van der Waals surface area contributed by atoms with Crippen LogP contribution in [0.5, 0.6) is 0 Å². The standard InChI is InChI=1S/C15H27NO/c1-12(2)13-7-9-16(10-8-13)11-14-5-3-4-6-15(14)17/h12-14H,3-11H2,1-2H3. The number of carbonyl (C=O) groups is 1. The summed E-state index contributed by atoms with van der Waals surface area (Å²) in [6.07, 6.45) is 7.04. The smallest absolute Gasteiger partial charge is 0.137 e. The Bertz CT molecular complexity index is 254. The van der Waals surface area contributed by atoms with Crippen LogP contribution in [0.4, 0.5) is 0 Å². The molecule has 1 heterocycles. The number of carbonyl (C=O) groups excluding carboxylic acids is 1. The lowest BCUT2D eigenvalue weighted by Crippen LogP contribution is -2.40. The third-order valence-corrected chi connectivity index (χ3v) is 4.73. The van der Waals surface area contributed by atoms with Crippen LogP contribution in [0.1, 0.15) is 52.4 Å². The van der Waals surface area contributed by atoms with E-state index in [0.717, 1.165) is 37.6 Å². The van der Waals surface area contributed by atoms with Crippen LogP contribution >= 0.6 is 0 Å². The summed E-state index contributed by atoms with van der Waals surface area (Å²) in [4.78, 5) is 14.3. The predicted molar refractivity (Wildman–Crippen MR) is 71.0 cm³/mol. The fraction of sp³-hybridized carbons (Fsp3) is 0.933. The van der Waals surface area contributed by atoms with Gasteiger partial charge in [0.2, 0.25) is 0 Å². The Hall–Kier alpha value is -0.370. The first kappa shape index (κ1) is 13.1. The van der Waals surface area contributed by atoms with Crippen molar-refractivity contribution in [2.24, 2.45) is 17.8 Å². The Morgan fingerprint density at radius 3 is 2.47 bits per heavy atom. The fourth-order valence-corrected chi connectivity index (χ4v) is 3.36. The van der Waals surface area contributed by atoms with Gasteiger partial charge in [-0.15, -0.1) is 0 Å². The number of piperidine rings is 1. The third kappa shape index (κ3) is 3.54. The summed E-state index contributed by atoms with van der Waals surface area (Å²) in [7, 11) is 0. The van der Waals surface area contributed by atoms with Crippen LogP contribution in [0, 0.1) is 17.8 Å². The molecule has 0 spiro atoms. The molecule has 0 bridgehead atoms. The van der Waals surface area contributed by atoms with Crippen LogP contribution in [0.25, 0.3) is 0 Å². The van der Waals surface area contributed by atoms with Gasteiger partial charge in [-0.1, -0.05) is 20.3 Å². The normalized spacial score (nSPS) is 28.9. The Kier molecular flexibility index (Phi) is 4.61. The average Bonchev–Trinajstić information content (AvgIpc) is 2.33. The maximum absolute atomic E-state index is 11.8. The van der Waals surface area contributed by atoms with Crippen molar-refractivity contribution in [1.29, 1.82) is 0 Å². The zero-order valence-corrected chi connectivity index (χ0v) is 11.5. The highest BCUT2D eigenvalue weighted by Gasteiger charge is 2.27. The first-order valence-corrected chi connectivity index (χ1v) is 7.42. The fourth-order valence-electron chi connectivity index (χ4n) is 3.36. The number of Topliss-reactive ketones (excluding diaryl/α,β-unsaturated/α-hetero) is 1. The van der Waals surface area contributed by atoms with Crippen LogP contribution in [0.3, 0.4) is 0 Å². The van der Waals surface area contributed by atoms with Crippen molar-refractivity contribution >= 4 is 5.78 Å². The van der Waals surface area contributed by atoms with E-state index in [4.69, 9.17) is 0 Å².